The molecule has 94 valence electrons. The highest BCUT2D eigenvalue weighted by atomic mass is 16.2. The van der Waals surface area contributed by atoms with Crippen LogP contribution in [-0.4, -0.2) is 29.4 Å². The van der Waals surface area contributed by atoms with E-state index in [0.29, 0.717) is 0 Å². The lowest BCUT2D eigenvalue weighted by Crippen LogP contribution is -2.51. The van der Waals surface area contributed by atoms with Crippen molar-refractivity contribution in [1.82, 2.24) is 4.90 Å². The van der Waals surface area contributed by atoms with E-state index in [1.807, 2.05) is 11.9 Å². The number of carbonyl (C=O) groups excluding carboxylic acids is 1. The van der Waals surface area contributed by atoms with Crippen molar-refractivity contribution in [3.63, 3.8) is 0 Å². The second-order valence-electron chi connectivity index (χ2n) is 5.62. The molecule has 0 bridgehead atoms. The smallest absolute Gasteiger partial charge is 0.227 e. The van der Waals surface area contributed by atoms with E-state index in [2.05, 4.69) is 20.8 Å². The van der Waals surface area contributed by atoms with Crippen molar-refractivity contribution in [2.45, 2.75) is 64.5 Å². The minimum Gasteiger partial charge on any atom is -0.340 e. The predicted molar refractivity (Wildman–Crippen MR) is 67.1 cm³/mol. The molecule has 0 aromatic rings. The van der Waals surface area contributed by atoms with Gasteiger partial charge in [0.15, 0.2) is 0 Å². The zero-order chi connectivity index (χ0) is 12.3. The third kappa shape index (κ3) is 2.76. The van der Waals surface area contributed by atoms with E-state index < -0.39 is 0 Å². The molecule has 0 heterocycles. The monoisotopic (exact) mass is 226 g/mol. The summed E-state index contributed by atoms with van der Waals surface area (Å²) in [6, 6.07) is 0.0661. The molecule has 1 fully saturated rings. The fourth-order valence-electron chi connectivity index (χ4n) is 2.25. The molecule has 0 spiro atoms. The molecule has 2 unspecified atom stereocenters. The van der Waals surface area contributed by atoms with E-state index >= 15 is 0 Å². The van der Waals surface area contributed by atoms with Gasteiger partial charge in [-0.25, -0.2) is 0 Å². The van der Waals surface area contributed by atoms with E-state index in [0.717, 1.165) is 25.7 Å². The maximum atomic E-state index is 12.4. The second-order valence-corrected chi connectivity index (χ2v) is 5.62. The molecule has 3 heteroatoms. The summed E-state index contributed by atoms with van der Waals surface area (Å²) in [5.41, 5.74) is 5.99. The molecular formula is C13H26N2O. The molecule has 0 radical (unpaired) electrons. The van der Waals surface area contributed by atoms with Crippen molar-refractivity contribution in [2.75, 3.05) is 7.05 Å². The van der Waals surface area contributed by atoms with E-state index in [-0.39, 0.29) is 23.4 Å². The van der Waals surface area contributed by atoms with Crippen molar-refractivity contribution in [1.29, 1.82) is 0 Å². The summed E-state index contributed by atoms with van der Waals surface area (Å²) in [5, 5.41) is 0. The molecule has 0 saturated heterocycles. The summed E-state index contributed by atoms with van der Waals surface area (Å²) in [6.07, 6.45) is 5.24. The number of nitrogens with zero attached hydrogens (tertiary/aromatic N) is 1. The third-order valence-corrected chi connectivity index (χ3v) is 4.24. The van der Waals surface area contributed by atoms with E-state index in [1.165, 1.54) is 6.42 Å². The first-order valence-corrected chi connectivity index (χ1v) is 6.43. The SMILES string of the molecule is CCC(C)(C)N(C)C(=O)C1CCCCC1N. The van der Waals surface area contributed by atoms with Crippen molar-refractivity contribution in [2.24, 2.45) is 11.7 Å². The van der Waals surface area contributed by atoms with Crippen molar-refractivity contribution < 1.29 is 4.79 Å². The van der Waals surface area contributed by atoms with Gasteiger partial charge in [-0.15, -0.1) is 0 Å². The van der Waals surface area contributed by atoms with Crippen LogP contribution >= 0.6 is 0 Å². The quantitative estimate of drug-likeness (QED) is 0.801. The maximum Gasteiger partial charge on any atom is 0.227 e. The molecule has 1 aliphatic rings. The highest BCUT2D eigenvalue weighted by molar-refractivity contribution is 5.80. The summed E-state index contributed by atoms with van der Waals surface area (Å²) in [6.45, 7) is 6.34. The Morgan fingerprint density at radius 2 is 1.94 bits per heavy atom. The first-order chi connectivity index (χ1) is 7.40. The molecule has 2 N–H and O–H groups in total. The van der Waals surface area contributed by atoms with E-state index in [9.17, 15) is 4.79 Å². The van der Waals surface area contributed by atoms with Gasteiger partial charge in [0.25, 0.3) is 0 Å². The summed E-state index contributed by atoms with van der Waals surface area (Å²) >= 11 is 0. The van der Waals surface area contributed by atoms with Crippen LogP contribution in [0.3, 0.4) is 0 Å². The van der Waals surface area contributed by atoms with Crippen LogP contribution in [0.1, 0.15) is 52.9 Å². The van der Waals surface area contributed by atoms with Gasteiger partial charge in [0.05, 0.1) is 5.92 Å². The number of hydrogen-bond donors (Lipinski definition) is 1. The van der Waals surface area contributed by atoms with Crippen LogP contribution in [-0.2, 0) is 4.79 Å². The summed E-state index contributed by atoms with van der Waals surface area (Å²) in [4.78, 5) is 14.3. The van der Waals surface area contributed by atoms with Gasteiger partial charge in [-0.05, 0) is 33.1 Å². The van der Waals surface area contributed by atoms with Crippen LogP contribution in [0.2, 0.25) is 0 Å². The Kier molecular flexibility index (Phi) is 4.36. The molecule has 2 atom stereocenters. The van der Waals surface area contributed by atoms with Gasteiger partial charge < -0.3 is 10.6 Å². The van der Waals surface area contributed by atoms with E-state index in [1.54, 1.807) is 0 Å². The number of amides is 1. The zero-order valence-electron chi connectivity index (χ0n) is 11.1. The van der Waals surface area contributed by atoms with Gasteiger partial charge >= 0.3 is 0 Å². The van der Waals surface area contributed by atoms with Crippen molar-refractivity contribution in [3.05, 3.63) is 0 Å². The zero-order valence-corrected chi connectivity index (χ0v) is 11.1. The molecule has 1 amide bonds. The average Bonchev–Trinajstić information content (AvgIpc) is 2.27. The summed E-state index contributed by atoms with van der Waals surface area (Å²) < 4.78 is 0. The van der Waals surface area contributed by atoms with Gasteiger partial charge in [0, 0.05) is 18.6 Å². The Morgan fingerprint density at radius 3 is 2.44 bits per heavy atom. The van der Waals surface area contributed by atoms with Gasteiger partial charge in [-0.3, -0.25) is 4.79 Å². The number of carbonyl (C=O) groups is 1. The van der Waals surface area contributed by atoms with Gasteiger partial charge in [-0.2, -0.15) is 0 Å². The fourth-order valence-corrected chi connectivity index (χ4v) is 2.25. The number of rotatable bonds is 3. The third-order valence-electron chi connectivity index (χ3n) is 4.24. The number of hydrogen-bond acceptors (Lipinski definition) is 2. The Morgan fingerprint density at radius 1 is 1.38 bits per heavy atom. The first-order valence-electron chi connectivity index (χ1n) is 6.43. The largest absolute Gasteiger partial charge is 0.340 e. The molecule has 0 aromatic carbocycles. The van der Waals surface area contributed by atoms with Crippen molar-refractivity contribution >= 4 is 5.91 Å². The van der Waals surface area contributed by atoms with Crippen LogP contribution in [0.5, 0.6) is 0 Å². The van der Waals surface area contributed by atoms with Gasteiger partial charge in [-0.1, -0.05) is 19.8 Å². The van der Waals surface area contributed by atoms with Crippen LogP contribution in [0.25, 0.3) is 0 Å². The average molecular weight is 226 g/mol. The molecule has 16 heavy (non-hydrogen) atoms. The van der Waals surface area contributed by atoms with Crippen LogP contribution in [0.15, 0.2) is 0 Å². The minimum atomic E-state index is -0.0613. The molecular weight excluding hydrogens is 200 g/mol. The topological polar surface area (TPSA) is 46.3 Å². The highest BCUT2D eigenvalue weighted by Gasteiger charge is 2.34. The van der Waals surface area contributed by atoms with Crippen molar-refractivity contribution in [3.8, 4) is 0 Å². The fraction of sp³-hybridized carbons (Fsp3) is 0.923. The molecule has 3 nitrogen and oxygen atoms in total. The number of nitrogens with two attached hydrogens (primary N) is 1. The summed E-state index contributed by atoms with van der Waals surface area (Å²) in [5.74, 6) is 0.281. The predicted octanol–water partition coefficient (Wildman–Crippen LogP) is 2.15. The van der Waals surface area contributed by atoms with Gasteiger partial charge in [0.1, 0.15) is 0 Å². The van der Waals surface area contributed by atoms with Gasteiger partial charge in [0.2, 0.25) is 5.91 Å². The normalized spacial score (nSPS) is 26.6. The lowest BCUT2D eigenvalue weighted by Gasteiger charge is -2.39. The Bertz CT molecular complexity index is 246. The lowest BCUT2D eigenvalue weighted by molar-refractivity contribution is -0.140. The maximum absolute atomic E-state index is 12.4. The summed E-state index contributed by atoms with van der Waals surface area (Å²) in [7, 11) is 1.91. The molecule has 1 rings (SSSR count). The lowest BCUT2D eigenvalue weighted by atomic mass is 9.83. The van der Waals surface area contributed by atoms with Crippen LogP contribution < -0.4 is 5.73 Å². The standard InChI is InChI=1S/C13H26N2O/c1-5-13(2,3)15(4)12(16)10-8-6-7-9-11(10)14/h10-11H,5-9,14H2,1-4H3. The first kappa shape index (κ1) is 13.5. The van der Waals surface area contributed by atoms with Crippen LogP contribution in [0.4, 0.5) is 0 Å². The second kappa shape index (κ2) is 5.17. The molecule has 0 aliphatic heterocycles. The Balaban J connectivity index is 2.69. The molecule has 1 aliphatic carbocycles. The highest BCUT2D eigenvalue weighted by Crippen LogP contribution is 2.27. The molecule has 1 saturated carbocycles. The minimum absolute atomic E-state index is 0.0459. The molecule has 0 aromatic heterocycles. The van der Waals surface area contributed by atoms with E-state index in [4.69, 9.17) is 5.73 Å². The Labute approximate surface area is 99.4 Å². The Hall–Kier alpha value is -0.570. The van der Waals surface area contributed by atoms with Crippen LogP contribution in [0, 0.1) is 5.92 Å².